The molecule has 2 aromatic rings. The van der Waals surface area contributed by atoms with Crippen LogP contribution in [0.4, 0.5) is 0 Å². The molecule has 0 spiro atoms. The van der Waals surface area contributed by atoms with Gasteiger partial charge in [0.25, 0.3) is 0 Å². The van der Waals surface area contributed by atoms with Crippen molar-refractivity contribution in [3.63, 3.8) is 0 Å². The summed E-state index contributed by atoms with van der Waals surface area (Å²) in [6, 6.07) is 8.15. The molecule has 0 aliphatic carbocycles. The quantitative estimate of drug-likeness (QED) is 0.843. The highest BCUT2D eigenvalue weighted by Crippen LogP contribution is 2.21. The average molecular weight is 290 g/mol. The van der Waals surface area contributed by atoms with Crippen LogP contribution in [0.5, 0.6) is 0 Å². The van der Waals surface area contributed by atoms with Crippen LogP contribution in [-0.4, -0.2) is 27.5 Å². The molecule has 0 amide bonds. The number of aryl methyl sites for hydroxylation is 1. The molecule has 1 aliphatic heterocycles. The van der Waals surface area contributed by atoms with Gasteiger partial charge in [0, 0.05) is 55.9 Å². The van der Waals surface area contributed by atoms with E-state index in [9.17, 15) is 0 Å². The summed E-state index contributed by atoms with van der Waals surface area (Å²) >= 11 is 5.91. The average Bonchev–Trinajstić information content (AvgIpc) is 2.86. The van der Waals surface area contributed by atoms with E-state index in [-0.39, 0.29) is 0 Å². The smallest absolute Gasteiger partial charge is 0.108 e. The Bertz CT molecular complexity index is 555. The number of benzene rings is 1. The molecule has 0 atom stereocenters. The first-order valence-corrected chi connectivity index (χ1v) is 7.59. The van der Waals surface area contributed by atoms with Gasteiger partial charge in [0.2, 0.25) is 0 Å². The number of imidazole rings is 1. The molecule has 0 N–H and O–H groups in total. The molecule has 3 rings (SSSR count). The maximum Gasteiger partial charge on any atom is 0.108 e. The Kier molecular flexibility index (Phi) is 4.08. The summed E-state index contributed by atoms with van der Waals surface area (Å²) in [5, 5.41) is 0.808. The van der Waals surface area contributed by atoms with Crippen molar-refractivity contribution in [2.24, 2.45) is 5.92 Å². The number of hydrogen-bond donors (Lipinski definition) is 0. The summed E-state index contributed by atoms with van der Waals surface area (Å²) in [4.78, 5) is 6.86. The van der Waals surface area contributed by atoms with Gasteiger partial charge in [-0.05, 0) is 17.7 Å². The van der Waals surface area contributed by atoms with E-state index in [1.807, 2.05) is 18.3 Å². The van der Waals surface area contributed by atoms with E-state index in [0.717, 1.165) is 30.5 Å². The Balaban J connectivity index is 1.48. The first-order valence-electron chi connectivity index (χ1n) is 7.21. The summed E-state index contributed by atoms with van der Waals surface area (Å²) in [7, 11) is 0. The van der Waals surface area contributed by atoms with Crippen LogP contribution in [0.2, 0.25) is 5.02 Å². The minimum absolute atomic E-state index is 0.752. The minimum Gasteiger partial charge on any atom is -0.335 e. The molecule has 4 heteroatoms. The number of nitrogens with zero attached hydrogens (tertiary/aromatic N) is 3. The Labute approximate surface area is 125 Å². The van der Waals surface area contributed by atoms with Gasteiger partial charge in [-0.25, -0.2) is 4.98 Å². The first kappa shape index (κ1) is 13.7. The van der Waals surface area contributed by atoms with Gasteiger partial charge in [0.1, 0.15) is 5.82 Å². The molecule has 1 saturated heterocycles. The Morgan fingerprint density at radius 3 is 2.70 bits per heavy atom. The van der Waals surface area contributed by atoms with Crippen LogP contribution >= 0.6 is 11.6 Å². The molecule has 1 aromatic heterocycles. The lowest BCUT2D eigenvalue weighted by atomic mass is 9.99. The molecular weight excluding hydrogens is 270 g/mol. The summed E-state index contributed by atoms with van der Waals surface area (Å²) in [6.45, 7) is 6.62. The van der Waals surface area contributed by atoms with Crippen molar-refractivity contribution in [2.45, 2.75) is 26.4 Å². The molecular formula is C16H20ClN3. The van der Waals surface area contributed by atoms with Gasteiger partial charge >= 0.3 is 0 Å². The second-order valence-electron chi connectivity index (χ2n) is 5.54. The van der Waals surface area contributed by atoms with Gasteiger partial charge in [0.15, 0.2) is 0 Å². The summed E-state index contributed by atoms with van der Waals surface area (Å²) in [5.74, 6) is 1.95. The van der Waals surface area contributed by atoms with E-state index in [4.69, 9.17) is 11.6 Å². The van der Waals surface area contributed by atoms with Crippen LogP contribution in [0.15, 0.2) is 36.7 Å². The largest absolute Gasteiger partial charge is 0.335 e. The molecule has 106 valence electrons. The molecule has 1 fully saturated rings. The van der Waals surface area contributed by atoms with Crippen LogP contribution in [0.3, 0.4) is 0 Å². The summed E-state index contributed by atoms with van der Waals surface area (Å²) < 4.78 is 2.30. The van der Waals surface area contributed by atoms with Crippen molar-refractivity contribution in [3.8, 4) is 0 Å². The normalized spacial score (nSPS) is 16.3. The van der Waals surface area contributed by atoms with E-state index in [2.05, 4.69) is 39.7 Å². The highest BCUT2D eigenvalue weighted by molar-refractivity contribution is 6.30. The van der Waals surface area contributed by atoms with Gasteiger partial charge in [-0.1, -0.05) is 30.7 Å². The fraction of sp³-hybridized carbons (Fsp3) is 0.438. The van der Waals surface area contributed by atoms with Crippen LogP contribution in [0, 0.1) is 5.92 Å². The van der Waals surface area contributed by atoms with Crippen molar-refractivity contribution < 1.29 is 0 Å². The summed E-state index contributed by atoms with van der Waals surface area (Å²) in [5.41, 5.74) is 1.34. The zero-order valence-electron chi connectivity index (χ0n) is 11.8. The van der Waals surface area contributed by atoms with E-state index < -0.39 is 0 Å². The van der Waals surface area contributed by atoms with Gasteiger partial charge in [-0.15, -0.1) is 0 Å². The lowest BCUT2D eigenvalue weighted by molar-refractivity contribution is 0.0798. The van der Waals surface area contributed by atoms with Crippen LogP contribution in [-0.2, 0) is 19.5 Å². The van der Waals surface area contributed by atoms with E-state index in [1.54, 1.807) is 0 Å². The lowest BCUT2D eigenvalue weighted by Crippen LogP contribution is -2.47. The Hall–Kier alpha value is -1.32. The highest BCUT2D eigenvalue weighted by atomic mass is 35.5. The molecule has 0 unspecified atom stereocenters. The van der Waals surface area contributed by atoms with Crippen LogP contribution in [0.1, 0.15) is 18.3 Å². The number of halogens is 1. The fourth-order valence-corrected chi connectivity index (χ4v) is 2.99. The molecule has 0 saturated carbocycles. The molecule has 20 heavy (non-hydrogen) atoms. The van der Waals surface area contributed by atoms with Gasteiger partial charge < -0.3 is 4.57 Å². The number of aromatic nitrogens is 2. The predicted octanol–water partition coefficient (Wildman–Crippen LogP) is 3.23. The Morgan fingerprint density at radius 2 is 2.00 bits per heavy atom. The van der Waals surface area contributed by atoms with Gasteiger partial charge in [-0.2, -0.15) is 0 Å². The molecule has 1 aromatic carbocycles. The topological polar surface area (TPSA) is 21.1 Å². The third kappa shape index (κ3) is 3.05. The molecule has 2 heterocycles. The molecule has 0 radical (unpaired) electrons. The number of rotatable bonds is 5. The van der Waals surface area contributed by atoms with E-state index >= 15 is 0 Å². The summed E-state index contributed by atoms with van der Waals surface area (Å²) in [6.07, 6.45) is 5.01. The van der Waals surface area contributed by atoms with Crippen molar-refractivity contribution in [3.05, 3.63) is 53.1 Å². The Morgan fingerprint density at radius 1 is 1.25 bits per heavy atom. The van der Waals surface area contributed by atoms with E-state index in [1.165, 1.54) is 24.5 Å². The first-order chi connectivity index (χ1) is 9.74. The standard InChI is InChI=1S/C16H20ClN3/c1-2-16-18-7-8-20(16)12-14-10-19(11-14)9-13-3-5-15(17)6-4-13/h3-8,14H,2,9-12H2,1H3. The fourth-order valence-electron chi connectivity index (χ4n) is 2.87. The predicted molar refractivity (Wildman–Crippen MR) is 81.8 cm³/mol. The maximum absolute atomic E-state index is 5.91. The third-order valence-electron chi connectivity index (χ3n) is 3.93. The van der Waals surface area contributed by atoms with Crippen molar-refractivity contribution in [2.75, 3.05) is 13.1 Å². The second kappa shape index (κ2) is 5.98. The van der Waals surface area contributed by atoms with Gasteiger partial charge in [-0.3, -0.25) is 4.90 Å². The monoisotopic (exact) mass is 289 g/mol. The number of likely N-dealkylation sites (tertiary alicyclic amines) is 1. The zero-order chi connectivity index (χ0) is 13.9. The molecule has 0 bridgehead atoms. The van der Waals surface area contributed by atoms with E-state index in [0.29, 0.717) is 0 Å². The zero-order valence-corrected chi connectivity index (χ0v) is 12.6. The SMILES string of the molecule is CCc1nccn1CC1CN(Cc2ccc(Cl)cc2)C1. The third-order valence-corrected chi connectivity index (χ3v) is 4.18. The van der Waals surface area contributed by atoms with Crippen molar-refractivity contribution in [1.29, 1.82) is 0 Å². The van der Waals surface area contributed by atoms with Crippen molar-refractivity contribution >= 4 is 11.6 Å². The minimum atomic E-state index is 0.752. The molecule has 3 nitrogen and oxygen atoms in total. The lowest BCUT2D eigenvalue weighted by Gasteiger charge is -2.39. The maximum atomic E-state index is 5.91. The molecule has 1 aliphatic rings. The van der Waals surface area contributed by atoms with Crippen LogP contribution in [0.25, 0.3) is 0 Å². The van der Waals surface area contributed by atoms with Crippen LogP contribution < -0.4 is 0 Å². The van der Waals surface area contributed by atoms with Gasteiger partial charge in [0.05, 0.1) is 0 Å². The van der Waals surface area contributed by atoms with Crippen molar-refractivity contribution in [1.82, 2.24) is 14.5 Å². The second-order valence-corrected chi connectivity index (χ2v) is 5.97. The highest BCUT2D eigenvalue weighted by Gasteiger charge is 2.27. The number of hydrogen-bond acceptors (Lipinski definition) is 2.